The largest absolute Gasteiger partial charge is 0.285 e. The molecule has 0 bridgehead atoms. The van der Waals surface area contributed by atoms with Crippen LogP contribution in [-0.4, -0.2) is 13.0 Å². The van der Waals surface area contributed by atoms with Gasteiger partial charge in [0.15, 0.2) is 0 Å². The molecule has 1 unspecified atom stereocenters. The first-order chi connectivity index (χ1) is 5.93. The molecule has 3 nitrogen and oxygen atoms in total. The van der Waals surface area contributed by atoms with Crippen LogP contribution >= 0.6 is 22.6 Å². The second-order valence-corrected chi connectivity index (χ2v) is 5.58. The molecule has 0 saturated carbocycles. The summed E-state index contributed by atoms with van der Waals surface area (Å²) in [5.41, 5.74) is 0.630. The van der Waals surface area contributed by atoms with Crippen molar-refractivity contribution in [3.63, 3.8) is 0 Å². The second-order valence-electron chi connectivity index (χ2n) is 2.68. The van der Waals surface area contributed by atoms with Gasteiger partial charge < -0.3 is 0 Å². The van der Waals surface area contributed by atoms with Crippen molar-refractivity contribution < 1.29 is 13.0 Å². The number of benzene rings is 1. The minimum atomic E-state index is -3.98. The molecule has 0 aliphatic carbocycles. The van der Waals surface area contributed by atoms with Crippen molar-refractivity contribution in [1.29, 1.82) is 0 Å². The van der Waals surface area contributed by atoms with Gasteiger partial charge in [-0.1, -0.05) is 18.2 Å². The van der Waals surface area contributed by atoms with Gasteiger partial charge in [0.05, 0.1) is 0 Å². The van der Waals surface area contributed by atoms with Crippen molar-refractivity contribution in [1.82, 2.24) is 0 Å². The van der Waals surface area contributed by atoms with Crippen LogP contribution in [0.15, 0.2) is 24.3 Å². The van der Waals surface area contributed by atoms with Gasteiger partial charge >= 0.3 is 0 Å². The summed E-state index contributed by atoms with van der Waals surface area (Å²) in [6.07, 6.45) is 0. The van der Waals surface area contributed by atoms with Crippen molar-refractivity contribution in [3.8, 4) is 0 Å². The predicted octanol–water partition coefficient (Wildman–Crippen LogP) is 2.24. The number of hydrogen-bond acceptors (Lipinski definition) is 2. The van der Waals surface area contributed by atoms with Crippen molar-refractivity contribution in [3.05, 3.63) is 33.4 Å². The summed E-state index contributed by atoms with van der Waals surface area (Å²) in [6.45, 7) is 1.47. The minimum Gasteiger partial charge on any atom is -0.285 e. The van der Waals surface area contributed by atoms with Gasteiger partial charge in [-0.15, -0.1) is 0 Å². The van der Waals surface area contributed by atoms with Gasteiger partial charge in [-0.25, -0.2) is 0 Å². The van der Waals surface area contributed by atoms with E-state index in [1.807, 2.05) is 28.7 Å². The standard InChI is InChI=1S/C8H9IO3S/c1-6(13(10,11)12)7-4-2-3-5-8(7)9/h2-6H,1H3,(H,10,11,12). The van der Waals surface area contributed by atoms with E-state index in [9.17, 15) is 8.42 Å². The zero-order valence-electron chi connectivity index (χ0n) is 6.94. The molecule has 1 rings (SSSR count). The summed E-state index contributed by atoms with van der Waals surface area (Å²) in [5.74, 6) is 0. The molecule has 0 saturated heterocycles. The molecule has 0 amide bonds. The fraction of sp³-hybridized carbons (Fsp3) is 0.250. The van der Waals surface area contributed by atoms with Crippen molar-refractivity contribution in [2.75, 3.05) is 0 Å². The van der Waals surface area contributed by atoms with E-state index in [0.717, 1.165) is 3.57 Å². The number of halogens is 1. The van der Waals surface area contributed by atoms with Gasteiger partial charge in [-0.05, 0) is 41.1 Å². The Balaban J connectivity index is 3.17. The Labute approximate surface area is 91.1 Å². The molecule has 0 aliphatic heterocycles. The highest BCUT2D eigenvalue weighted by molar-refractivity contribution is 14.1. The molecule has 5 heteroatoms. The van der Waals surface area contributed by atoms with Gasteiger partial charge in [0.2, 0.25) is 0 Å². The highest BCUT2D eigenvalue weighted by atomic mass is 127. The van der Waals surface area contributed by atoms with Gasteiger partial charge in [0.1, 0.15) is 5.25 Å². The molecule has 72 valence electrons. The van der Waals surface area contributed by atoms with Crippen LogP contribution in [0.4, 0.5) is 0 Å². The zero-order valence-corrected chi connectivity index (χ0v) is 9.91. The minimum absolute atomic E-state index is 0.630. The van der Waals surface area contributed by atoms with E-state index < -0.39 is 15.4 Å². The number of rotatable bonds is 2. The molecular formula is C8H9IO3S. The SMILES string of the molecule is CC(c1ccccc1I)S(=O)(=O)O. The molecule has 1 atom stereocenters. The Kier molecular flexibility index (Phi) is 3.31. The first-order valence-corrected chi connectivity index (χ1v) is 6.22. The van der Waals surface area contributed by atoms with E-state index in [1.54, 1.807) is 18.2 Å². The van der Waals surface area contributed by atoms with E-state index in [2.05, 4.69) is 0 Å². The summed E-state index contributed by atoms with van der Waals surface area (Å²) in [6, 6.07) is 7.07. The third-order valence-electron chi connectivity index (χ3n) is 1.79. The van der Waals surface area contributed by atoms with Crippen molar-refractivity contribution in [2.24, 2.45) is 0 Å². The van der Waals surface area contributed by atoms with Crippen LogP contribution in [0.5, 0.6) is 0 Å². The van der Waals surface area contributed by atoms with E-state index in [-0.39, 0.29) is 0 Å². The topological polar surface area (TPSA) is 54.4 Å². The third-order valence-corrected chi connectivity index (χ3v) is 3.92. The average molecular weight is 312 g/mol. The molecule has 0 fully saturated rings. The normalized spacial score (nSPS) is 14.1. The zero-order chi connectivity index (χ0) is 10.1. The van der Waals surface area contributed by atoms with Crippen LogP contribution in [-0.2, 0) is 10.1 Å². The molecule has 0 aliphatic rings. The van der Waals surface area contributed by atoms with Crippen molar-refractivity contribution >= 4 is 32.7 Å². The highest BCUT2D eigenvalue weighted by Crippen LogP contribution is 2.24. The summed E-state index contributed by atoms with van der Waals surface area (Å²) in [5, 5.41) is -0.861. The van der Waals surface area contributed by atoms with Gasteiger partial charge in [-0.2, -0.15) is 8.42 Å². The Bertz CT molecular complexity index is 400. The molecular weight excluding hydrogens is 303 g/mol. The van der Waals surface area contributed by atoms with Crippen LogP contribution < -0.4 is 0 Å². The lowest BCUT2D eigenvalue weighted by molar-refractivity contribution is 0.472. The average Bonchev–Trinajstić information content (AvgIpc) is 2.02. The molecule has 1 aromatic rings. The Morgan fingerprint density at radius 1 is 1.38 bits per heavy atom. The van der Waals surface area contributed by atoms with Gasteiger partial charge in [0.25, 0.3) is 10.1 Å². The maximum Gasteiger partial charge on any atom is 0.271 e. The smallest absolute Gasteiger partial charge is 0.271 e. The van der Waals surface area contributed by atoms with Crippen LogP contribution in [0.25, 0.3) is 0 Å². The summed E-state index contributed by atoms with van der Waals surface area (Å²) in [7, 11) is -3.98. The molecule has 0 radical (unpaired) electrons. The third kappa shape index (κ3) is 2.65. The highest BCUT2D eigenvalue weighted by Gasteiger charge is 2.20. The fourth-order valence-electron chi connectivity index (χ4n) is 0.965. The number of hydrogen-bond donors (Lipinski definition) is 1. The molecule has 0 aromatic heterocycles. The van der Waals surface area contributed by atoms with Crippen LogP contribution in [0, 0.1) is 3.57 Å². The van der Waals surface area contributed by atoms with E-state index >= 15 is 0 Å². The second kappa shape index (κ2) is 3.93. The molecule has 0 heterocycles. The first kappa shape index (κ1) is 10.9. The Hall–Kier alpha value is -0.140. The summed E-state index contributed by atoms with van der Waals surface area (Å²) >= 11 is 2.04. The fourth-order valence-corrected chi connectivity index (χ4v) is 2.56. The lowest BCUT2D eigenvalue weighted by atomic mass is 10.2. The van der Waals surface area contributed by atoms with Crippen LogP contribution in [0.1, 0.15) is 17.7 Å². The lowest BCUT2D eigenvalue weighted by Crippen LogP contribution is -2.09. The Morgan fingerprint density at radius 2 is 1.92 bits per heavy atom. The quantitative estimate of drug-likeness (QED) is 0.673. The lowest BCUT2D eigenvalue weighted by Gasteiger charge is -2.09. The predicted molar refractivity (Wildman–Crippen MR) is 59.1 cm³/mol. The molecule has 1 aromatic carbocycles. The van der Waals surface area contributed by atoms with E-state index in [1.165, 1.54) is 6.92 Å². The monoisotopic (exact) mass is 312 g/mol. The molecule has 1 N–H and O–H groups in total. The maximum absolute atomic E-state index is 10.8. The Morgan fingerprint density at radius 3 is 2.38 bits per heavy atom. The summed E-state index contributed by atoms with van der Waals surface area (Å²) < 4.78 is 31.3. The van der Waals surface area contributed by atoms with Crippen LogP contribution in [0.3, 0.4) is 0 Å². The maximum atomic E-state index is 10.8. The van der Waals surface area contributed by atoms with Crippen LogP contribution in [0.2, 0.25) is 0 Å². The van der Waals surface area contributed by atoms with E-state index in [0.29, 0.717) is 5.56 Å². The van der Waals surface area contributed by atoms with Crippen molar-refractivity contribution in [2.45, 2.75) is 12.2 Å². The molecule has 13 heavy (non-hydrogen) atoms. The van der Waals surface area contributed by atoms with E-state index in [4.69, 9.17) is 4.55 Å². The van der Waals surface area contributed by atoms with Gasteiger partial charge in [-0.3, -0.25) is 4.55 Å². The summed E-state index contributed by atoms with van der Waals surface area (Å²) in [4.78, 5) is 0. The molecule has 0 spiro atoms. The first-order valence-electron chi connectivity index (χ1n) is 3.63. The van der Waals surface area contributed by atoms with Gasteiger partial charge in [0, 0.05) is 3.57 Å².